The van der Waals surface area contributed by atoms with Crippen LogP contribution in [-0.4, -0.2) is 40.1 Å². The van der Waals surface area contributed by atoms with Crippen molar-refractivity contribution in [2.75, 3.05) is 18.4 Å². The maximum Gasteiger partial charge on any atom is 0.278 e. The van der Waals surface area contributed by atoms with Gasteiger partial charge in [-0.15, -0.1) is 17.5 Å². The van der Waals surface area contributed by atoms with Crippen LogP contribution in [0, 0.1) is 6.92 Å². The highest BCUT2D eigenvalue weighted by atomic mass is 35.5. The molecule has 2 fully saturated rings. The van der Waals surface area contributed by atoms with Crippen molar-refractivity contribution in [2.45, 2.75) is 64.2 Å². The van der Waals surface area contributed by atoms with Crippen molar-refractivity contribution in [3.63, 3.8) is 0 Å². The lowest BCUT2D eigenvalue weighted by Crippen LogP contribution is -2.30. The van der Waals surface area contributed by atoms with Gasteiger partial charge in [-0.3, -0.25) is 4.79 Å². The maximum absolute atomic E-state index is 12.7. The number of benzene rings is 1. The van der Waals surface area contributed by atoms with Crippen molar-refractivity contribution in [1.29, 1.82) is 0 Å². The van der Waals surface area contributed by atoms with Crippen LogP contribution in [0.25, 0.3) is 0 Å². The molecule has 2 N–H and O–H groups in total. The molecule has 0 bridgehead atoms. The van der Waals surface area contributed by atoms with E-state index in [-0.39, 0.29) is 18.3 Å². The maximum atomic E-state index is 12.7. The quantitative estimate of drug-likeness (QED) is 0.747. The van der Waals surface area contributed by atoms with Gasteiger partial charge in [-0.1, -0.05) is 30.2 Å². The third-order valence-corrected chi connectivity index (χ3v) is 5.80. The number of amides is 1. The highest BCUT2D eigenvalue weighted by Crippen LogP contribution is 2.23. The molecule has 8 heteroatoms. The van der Waals surface area contributed by atoms with Crippen LogP contribution in [0.5, 0.6) is 0 Å². The molecule has 1 aromatic carbocycles. The van der Waals surface area contributed by atoms with Crippen LogP contribution in [0.3, 0.4) is 0 Å². The van der Waals surface area contributed by atoms with Gasteiger partial charge in [0.05, 0.1) is 24.4 Å². The van der Waals surface area contributed by atoms with Crippen LogP contribution in [-0.2, 0) is 11.3 Å². The van der Waals surface area contributed by atoms with E-state index in [0.29, 0.717) is 24.4 Å². The average Bonchev–Trinajstić information content (AvgIpc) is 3.38. The molecule has 1 saturated heterocycles. The predicted octanol–water partition coefficient (Wildman–Crippen LogP) is 3.64. The van der Waals surface area contributed by atoms with Gasteiger partial charge in [-0.2, -0.15) is 0 Å². The number of halogens is 1. The van der Waals surface area contributed by atoms with E-state index < -0.39 is 0 Å². The highest BCUT2D eigenvalue weighted by Gasteiger charge is 2.23. The van der Waals surface area contributed by atoms with Crippen LogP contribution < -0.4 is 10.6 Å². The Bertz CT molecular complexity index is 796. The fourth-order valence-electron chi connectivity index (χ4n) is 4.09. The molecule has 4 rings (SSSR count). The van der Waals surface area contributed by atoms with E-state index in [1.807, 2.05) is 35.9 Å². The summed E-state index contributed by atoms with van der Waals surface area (Å²) in [6.45, 7) is 4.49. The van der Waals surface area contributed by atoms with Crippen molar-refractivity contribution in [2.24, 2.45) is 0 Å². The first kappa shape index (κ1) is 21.7. The van der Waals surface area contributed by atoms with Gasteiger partial charge < -0.3 is 15.4 Å². The topological polar surface area (TPSA) is 81.1 Å². The summed E-state index contributed by atoms with van der Waals surface area (Å²) in [5, 5.41) is 14.7. The van der Waals surface area contributed by atoms with E-state index in [0.717, 1.165) is 42.9 Å². The summed E-state index contributed by atoms with van der Waals surface area (Å²) in [5.74, 6) is -0.215. The summed E-state index contributed by atoms with van der Waals surface area (Å²) in [6.07, 6.45) is 7.32. The van der Waals surface area contributed by atoms with E-state index >= 15 is 0 Å². The summed E-state index contributed by atoms with van der Waals surface area (Å²) < 4.78 is 7.84. The average molecular weight is 420 g/mol. The summed E-state index contributed by atoms with van der Waals surface area (Å²) in [4.78, 5) is 12.7. The zero-order valence-electron chi connectivity index (χ0n) is 16.9. The van der Waals surface area contributed by atoms with Crippen molar-refractivity contribution in [1.82, 2.24) is 20.3 Å². The monoisotopic (exact) mass is 419 g/mol. The standard InChI is InChI=1S/C21H29N5O2.ClH/c1-15-20(24-25-26(15)18-10-12-22-13-11-18)21(27)23-17-8-6-16(7-9-17)14-28-19-4-2-3-5-19;/h6-9,18-19,22H,2-5,10-14H2,1H3,(H,23,27);1H. The molecular formula is C21H30ClN5O2. The highest BCUT2D eigenvalue weighted by molar-refractivity contribution is 6.03. The van der Waals surface area contributed by atoms with Crippen molar-refractivity contribution in [3.05, 3.63) is 41.2 Å². The number of carbonyl (C=O) groups excluding carboxylic acids is 1. The Kier molecular flexibility index (Phi) is 7.64. The summed E-state index contributed by atoms with van der Waals surface area (Å²) >= 11 is 0. The first-order chi connectivity index (χ1) is 13.7. The summed E-state index contributed by atoms with van der Waals surface area (Å²) in [6, 6.07) is 8.15. The Morgan fingerprint density at radius 1 is 1.17 bits per heavy atom. The normalized spacial score (nSPS) is 17.8. The SMILES string of the molecule is Cc1c(C(=O)Nc2ccc(COC3CCCC3)cc2)nnn1C1CCNCC1.Cl. The minimum atomic E-state index is -0.215. The molecule has 158 valence electrons. The van der Waals surface area contributed by atoms with E-state index in [4.69, 9.17) is 4.74 Å². The molecule has 1 aromatic heterocycles. The number of rotatable bonds is 6. The van der Waals surface area contributed by atoms with Gasteiger partial charge in [0.1, 0.15) is 0 Å². The number of hydrogen-bond donors (Lipinski definition) is 2. The van der Waals surface area contributed by atoms with E-state index in [2.05, 4.69) is 20.9 Å². The van der Waals surface area contributed by atoms with Crippen LogP contribution >= 0.6 is 12.4 Å². The van der Waals surface area contributed by atoms with Crippen LogP contribution in [0.15, 0.2) is 24.3 Å². The van der Waals surface area contributed by atoms with Gasteiger partial charge in [0, 0.05) is 5.69 Å². The smallest absolute Gasteiger partial charge is 0.278 e. The van der Waals surface area contributed by atoms with Crippen molar-refractivity contribution >= 4 is 24.0 Å². The minimum absolute atomic E-state index is 0. The first-order valence-corrected chi connectivity index (χ1v) is 10.3. The fourth-order valence-corrected chi connectivity index (χ4v) is 4.09. The van der Waals surface area contributed by atoms with Gasteiger partial charge in [-0.25, -0.2) is 4.68 Å². The van der Waals surface area contributed by atoms with Gasteiger partial charge in [0.15, 0.2) is 5.69 Å². The zero-order chi connectivity index (χ0) is 19.3. The van der Waals surface area contributed by atoms with Crippen molar-refractivity contribution in [3.8, 4) is 0 Å². The molecule has 1 amide bonds. The molecule has 1 saturated carbocycles. The van der Waals surface area contributed by atoms with Crippen LogP contribution in [0.1, 0.15) is 66.3 Å². The number of ether oxygens (including phenoxy) is 1. The number of nitrogens with one attached hydrogen (secondary N) is 2. The Labute approximate surface area is 178 Å². The van der Waals surface area contributed by atoms with Crippen LogP contribution in [0.2, 0.25) is 0 Å². The molecule has 29 heavy (non-hydrogen) atoms. The van der Waals surface area contributed by atoms with Gasteiger partial charge in [-0.05, 0) is 63.4 Å². The van der Waals surface area contributed by atoms with E-state index in [1.54, 1.807) is 0 Å². The number of hydrogen-bond acceptors (Lipinski definition) is 5. The second-order valence-electron chi connectivity index (χ2n) is 7.82. The number of nitrogens with zero attached hydrogens (tertiary/aromatic N) is 3. The lowest BCUT2D eigenvalue weighted by atomic mass is 10.1. The zero-order valence-corrected chi connectivity index (χ0v) is 17.7. The molecule has 1 aliphatic heterocycles. The fraction of sp³-hybridized carbons (Fsp3) is 0.571. The number of anilines is 1. The van der Waals surface area contributed by atoms with Gasteiger partial charge >= 0.3 is 0 Å². The largest absolute Gasteiger partial charge is 0.374 e. The molecule has 2 aliphatic rings. The molecule has 2 aromatic rings. The third-order valence-electron chi connectivity index (χ3n) is 5.80. The number of piperidine rings is 1. The molecule has 0 radical (unpaired) electrons. The van der Waals surface area contributed by atoms with Gasteiger partial charge in [0.2, 0.25) is 0 Å². The summed E-state index contributed by atoms with van der Waals surface area (Å²) in [5.41, 5.74) is 3.10. The van der Waals surface area contributed by atoms with Crippen LogP contribution in [0.4, 0.5) is 5.69 Å². The van der Waals surface area contributed by atoms with E-state index in [9.17, 15) is 4.79 Å². The lowest BCUT2D eigenvalue weighted by Gasteiger charge is -2.23. The molecule has 0 atom stereocenters. The molecular weight excluding hydrogens is 390 g/mol. The minimum Gasteiger partial charge on any atom is -0.374 e. The number of aromatic nitrogens is 3. The molecule has 0 unspecified atom stereocenters. The van der Waals surface area contributed by atoms with Crippen molar-refractivity contribution < 1.29 is 9.53 Å². The third kappa shape index (κ3) is 5.35. The second kappa shape index (κ2) is 10.2. The Morgan fingerprint density at radius 3 is 2.55 bits per heavy atom. The van der Waals surface area contributed by atoms with Gasteiger partial charge in [0.25, 0.3) is 5.91 Å². The lowest BCUT2D eigenvalue weighted by molar-refractivity contribution is 0.0457. The Hall–Kier alpha value is -1.96. The first-order valence-electron chi connectivity index (χ1n) is 10.3. The molecule has 7 nitrogen and oxygen atoms in total. The van der Waals surface area contributed by atoms with E-state index in [1.165, 1.54) is 25.7 Å². The molecule has 0 spiro atoms. The number of carbonyl (C=O) groups is 1. The molecule has 2 heterocycles. The molecule has 1 aliphatic carbocycles. The summed E-state index contributed by atoms with van der Waals surface area (Å²) in [7, 11) is 0. The Morgan fingerprint density at radius 2 is 1.86 bits per heavy atom. The Balaban J connectivity index is 0.00000240. The second-order valence-corrected chi connectivity index (χ2v) is 7.82. The predicted molar refractivity (Wildman–Crippen MR) is 115 cm³/mol.